The fourth-order valence-corrected chi connectivity index (χ4v) is 2.97. The molecule has 1 unspecified atom stereocenters. The highest BCUT2D eigenvalue weighted by molar-refractivity contribution is 7.10. The number of benzene rings is 1. The molecule has 0 saturated carbocycles. The van der Waals surface area contributed by atoms with Crippen molar-refractivity contribution < 1.29 is 19.6 Å². The first-order chi connectivity index (χ1) is 10.9. The number of amides is 1. The first-order valence-electron chi connectivity index (χ1n) is 6.70. The summed E-state index contributed by atoms with van der Waals surface area (Å²) in [6, 6.07) is 7.04. The van der Waals surface area contributed by atoms with Crippen LogP contribution in [0.2, 0.25) is 0 Å². The molecule has 1 atom stereocenters. The van der Waals surface area contributed by atoms with Gasteiger partial charge >= 0.3 is 5.97 Å². The highest BCUT2D eigenvalue weighted by atomic mass is 32.1. The Morgan fingerprint density at radius 1 is 1.35 bits per heavy atom. The van der Waals surface area contributed by atoms with Crippen molar-refractivity contribution in [3.05, 3.63) is 61.8 Å². The summed E-state index contributed by atoms with van der Waals surface area (Å²) in [6.45, 7) is 1.49. The number of nitro benzene ring substituents is 1. The topological polar surface area (TPSA) is 110 Å². The lowest BCUT2D eigenvalue weighted by atomic mass is 10.0. The fraction of sp³-hybridized carbons (Fsp3) is 0.200. The number of hydrogen-bond acceptors (Lipinski definition) is 5. The monoisotopic (exact) mass is 334 g/mol. The third-order valence-corrected chi connectivity index (χ3v) is 4.30. The molecular formula is C15H14N2O5S. The van der Waals surface area contributed by atoms with Crippen LogP contribution in [0.1, 0.15) is 33.3 Å². The summed E-state index contributed by atoms with van der Waals surface area (Å²) in [5.41, 5.74) is 0.255. The zero-order valence-electron chi connectivity index (χ0n) is 12.2. The third-order valence-electron chi connectivity index (χ3n) is 3.32. The predicted octanol–water partition coefficient (Wildman–Crippen LogP) is 2.91. The van der Waals surface area contributed by atoms with Crippen LogP contribution in [0.15, 0.2) is 35.7 Å². The molecule has 0 aliphatic heterocycles. The van der Waals surface area contributed by atoms with E-state index in [1.807, 2.05) is 0 Å². The molecule has 0 aliphatic carbocycles. The molecule has 0 aliphatic rings. The Labute approximate surface area is 135 Å². The van der Waals surface area contributed by atoms with E-state index in [9.17, 15) is 19.7 Å². The molecule has 0 spiro atoms. The van der Waals surface area contributed by atoms with Crippen LogP contribution in [0.3, 0.4) is 0 Å². The summed E-state index contributed by atoms with van der Waals surface area (Å²) in [6.07, 6.45) is -0.264. The summed E-state index contributed by atoms with van der Waals surface area (Å²) in [5, 5.41) is 24.4. The van der Waals surface area contributed by atoms with Gasteiger partial charge in [0.1, 0.15) is 0 Å². The molecule has 7 nitrogen and oxygen atoms in total. The van der Waals surface area contributed by atoms with Crippen LogP contribution >= 0.6 is 11.3 Å². The lowest BCUT2D eigenvalue weighted by Gasteiger charge is -2.16. The average Bonchev–Trinajstić information content (AvgIpc) is 3.00. The number of nitrogens with one attached hydrogen (secondary N) is 1. The second kappa shape index (κ2) is 7.01. The van der Waals surface area contributed by atoms with E-state index in [4.69, 9.17) is 5.11 Å². The molecule has 0 bridgehead atoms. The highest BCUT2D eigenvalue weighted by Gasteiger charge is 2.23. The van der Waals surface area contributed by atoms with E-state index in [-0.39, 0.29) is 23.2 Å². The number of hydrogen-bond donors (Lipinski definition) is 2. The van der Waals surface area contributed by atoms with Crippen molar-refractivity contribution in [2.45, 2.75) is 19.4 Å². The maximum Gasteiger partial charge on any atom is 0.305 e. The molecule has 1 heterocycles. The van der Waals surface area contributed by atoms with E-state index >= 15 is 0 Å². The second-order valence-corrected chi connectivity index (χ2v) is 5.83. The molecule has 2 rings (SSSR count). The molecule has 23 heavy (non-hydrogen) atoms. The number of carbonyl (C=O) groups is 2. The maximum absolute atomic E-state index is 12.4. The van der Waals surface area contributed by atoms with Gasteiger partial charge in [-0.15, -0.1) is 11.3 Å². The Morgan fingerprint density at radius 3 is 2.65 bits per heavy atom. The average molecular weight is 334 g/mol. The van der Waals surface area contributed by atoms with Gasteiger partial charge in [0.05, 0.1) is 17.4 Å². The standard InChI is InChI=1S/C15H14N2O5S/c1-9-10(4-2-5-12(9)17(21)22)15(20)16-11(8-14(18)19)13-6-3-7-23-13/h2-7,11H,8H2,1H3,(H,16,20)(H,18,19). The summed E-state index contributed by atoms with van der Waals surface area (Å²) >= 11 is 1.34. The van der Waals surface area contributed by atoms with Crippen molar-refractivity contribution in [3.63, 3.8) is 0 Å². The van der Waals surface area contributed by atoms with Crippen molar-refractivity contribution in [2.75, 3.05) is 0 Å². The molecule has 0 fully saturated rings. The van der Waals surface area contributed by atoms with E-state index in [0.717, 1.165) is 0 Å². The first-order valence-corrected chi connectivity index (χ1v) is 7.58. The molecule has 0 radical (unpaired) electrons. The molecule has 2 aromatic rings. The zero-order chi connectivity index (χ0) is 17.0. The largest absolute Gasteiger partial charge is 0.481 e. The van der Waals surface area contributed by atoms with Gasteiger partial charge < -0.3 is 10.4 Å². The number of carboxylic acid groups (broad SMARTS) is 1. The Hall–Kier alpha value is -2.74. The van der Waals surface area contributed by atoms with Crippen LogP contribution < -0.4 is 5.32 Å². The summed E-state index contributed by atoms with van der Waals surface area (Å²) in [5.74, 6) is -1.58. The first kappa shape index (κ1) is 16.6. The number of thiophene rings is 1. The SMILES string of the molecule is Cc1c(C(=O)NC(CC(=O)O)c2cccs2)cccc1[N+](=O)[O-]. The van der Waals surface area contributed by atoms with Crippen LogP contribution in [-0.4, -0.2) is 21.9 Å². The van der Waals surface area contributed by atoms with Gasteiger partial charge in [-0.25, -0.2) is 0 Å². The van der Waals surface area contributed by atoms with E-state index in [2.05, 4.69) is 5.32 Å². The number of carboxylic acids is 1. The zero-order valence-corrected chi connectivity index (χ0v) is 13.0. The molecule has 120 valence electrons. The van der Waals surface area contributed by atoms with Crippen molar-refractivity contribution in [3.8, 4) is 0 Å². The van der Waals surface area contributed by atoms with Gasteiger partial charge in [-0.3, -0.25) is 19.7 Å². The quantitative estimate of drug-likeness (QED) is 0.623. The van der Waals surface area contributed by atoms with Gasteiger partial charge in [-0.2, -0.15) is 0 Å². The predicted molar refractivity (Wildman–Crippen MR) is 84.6 cm³/mol. The minimum absolute atomic E-state index is 0.149. The molecule has 1 amide bonds. The number of nitro groups is 1. The van der Waals surface area contributed by atoms with E-state index in [1.54, 1.807) is 17.5 Å². The maximum atomic E-state index is 12.4. The smallest absolute Gasteiger partial charge is 0.305 e. The van der Waals surface area contributed by atoms with E-state index in [1.165, 1.54) is 36.5 Å². The lowest BCUT2D eigenvalue weighted by molar-refractivity contribution is -0.385. The van der Waals surface area contributed by atoms with Crippen LogP contribution in [0.5, 0.6) is 0 Å². The minimum Gasteiger partial charge on any atom is -0.481 e. The van der Waals surface area contributed by atoms with Crippen molar-refractivity contribution in [1.29, 1.82) is 0 Å². The number of rotatable bonds is 6. The molecule has 0 saturated heterocycles. The van der Waals surface area contributed by atoms with Crippen LogP contribution in [0.4, 0.5) is 5.69 Å². The van der Waals surface area contributed by atoms with Crippen LogP contribution in [-0.2, 0) is 4.79 Å². The molecule has 8 heteroatoms. The molecular weight excluding hydrogens is 320 g/mol. The molecule has 2 N–H and O–H groups in total. The summed E-state index contributed by atoms with van der Waals surface area (Å²) < 4.78 is 0. The Kier molecular flexibility index (Phi) is 5.07. The van der Waals surface area contributed by atoms with Crippen LogP contribution in [0.25, 0.3) is 0 Å². The highest BCUT2D eigenvalue weighted by Crippen LogP contribution is 2.25. The summed E-state index contributed by atoms with van der Waals surface area (Å²) in [4.78, 5) is 34.5. The van der Waals surface area contributed by atoms with Gasteiger partial charge in [0.2, 0.25) is 0 Å². The van der Waals surface area contributed by atoms with Gasteiger partial charge in [-0.05, 0) is 24.4 Å². The third kappa shape index (κ3) is 3.92. The van der Waals surface area contributed by atoms with Gasteiger partial charge in [0, 0.05) is 22.1 Å². The molecule has 1 aromatic heterocycles. The van der Waals surface area contributed by atoms with Crippen molar-refractivity contribution in [2.24, 2.45) is 0 Å². The summed E-state index contributed by atoms with van der Waals surface area (Å²) in [7, 11) is 0. The van der Waals surface area contributed by atoms with Crippen molar-refractivity contribution in [1.82, 2.24) is 5.32 Å². The van der Waals surface area contributed by atoms with E-state index in [0.29, 0.717) is 4.88 Å². The van der Waals surface area contributed by atoms with Gasteiger partial charge in [0.15, 0.2) is 0 Å². The molecule has 1 aromatic carbocycles. The van der Waals surface area contributed by atoms with Gasteiger partial charge in [0.25, 0.3) is 11.6 Å². The number of nitrogens with zero attached hydrogens (tertiary/aromatic N) is 1. The van der Waals surface area contributed by atoms with Crippen LogP contribution in [0, 0.1) is 17.0 Å². The minimum atomic E-state index is -1.04. The van der Waals surface area contributed by atoms with Crippen molar-refractivity contribution >= 4 is 28.9 Å². The Bertz CT molecular complexity index is 742. The second-order valence-electron chi connectivity index (χ2n) is 4.85. The Balaban J connectivity index is 2.27. The number of carbonyl (C=O) groups excluding carboxylic acids is 1. The van der Waals surface area contributed by atoms with Gasteiger partial charge in [-0.1, -0.05) is 12.1 Å². The normalized spacial score (nSPS) is 11.7. The number of aliphatic carboxylic acids is 1. The lowest BCUT2D eigenvalue weighted by Crippen LogP contribution is -2.30. The Morgan fingerprint density at radius 2 is 2.09 bits per heavy atom. The fourth-order valence-electron chi connectivity index (χ4n) is 2.19. The van der Waals surface area contributed by atoms with E-state index < -0.39 is 22.8 Å².